The van der Waals surface area contributed by atoms with Gasteiger partial charge in [0.1, 0.15) is 0 Å². The lowest BCUT2D eigenvalue weighted by molar-refractivity contribution is -0.134. The van der Waals surface area contributed by atoms with E-state index in [0.717, 1.165) is 9.37 Å². The second-order valence-corrected chi connectivity index (χ2v) is 13.5. The third-order valence-electron chi connectivity index (χ3n) is 5.40. The molecule has 1 aliphatic heterocycles. The summed E-state index contributed by atoms with van der Waals surface area (Å²) in [7, 11) is -3.45. The van der Waals surface area contributed by atoms with E-state index in [1.807, 2.05) is 24.3 Å². The number of thioether (sulfide) groups is 1. The molecule has 2 amide bonds. The van der Waals surface area contributed by atoms with E-state index >= 15 is 0 Å². The highest BCUT2D eigenvalue weighted by molar-refractivity contribution is 9.10. The first kappa shape index (κ1) is 24.4. The lowest BCUT2D eigenvalue weighted by Gasteiger charge is -2.34. The molecule has 0 bridgehead atoms. The Balaban J connectivity index is 1.60. The van der Waals surface area contributed by atoms with Crippen molar-refractivity contribution in [2.45, 2.75) is 60.8 Å². The van der Waals surface area contributed by atoms with E-state index in [1.165, 1.54) is 11.8 Å². The van der Waals surface area contributed by atoms with E-state index in [2.05, 4.69) is 26.6 Å². The lowest BCUT2D eigenvalue weighted by atomic mass is 9.79. The molecule has 2 fully saturated rings. The molecule has 2 aliphatic rings. The van der Waals surface area contributed by atoms with Crippen LogP contribution in [0.25, 0.3) is 0 Å². The average Bonchev–Trinajstić information content (AvgIpc) is 2.88. The van der Waals surface area contributed by atoms with E-state index in [4.69, 9.17) is 0 Å². The molecule has 0 spiro atoms. The smallest absolute Gasteiger partial charge is 0.248 e. The molecule has 31 heavy (non-hydrogen) atoms. The zero-order chi connectivity index (χ0) is 23.0. The first-order valence-electron chi connectivity index (χ1n) is 9.88. The summed E-state index contributed by atoms with van der Waals surface area (Å²) in [5, 5.41) is 5.41. The van der Waals surface area contributed by atoms with Gasteiger partial charge < -0.3 is 10.6 Å². The maximum atomic E-state index is 13.0. The molecule has 1 aromatic carbocycles. The standard InChI is InChI=1S/C20H25BrF2N2O4S2/c1-19(2,30-14-5-3-13(21)4-6-14)18(27)25-16-11-31(28,29)10-15(16)24-17(26)7-12-8-20(22,23)9-12/h3-6,12,15-16H,7-11H2,1-2H3,(H,24,26)(H,25,27). The minimum absolute atomic E-state index is 0.0717. The van der Waals surface area contributed by atoms with Gasteiger partial charge >= 0.3 is 0 Å². The second-order valence-electron chi connectivity index (χ2n) is 8.73. The molecule has 6 nitrogen and oxygen atoms in total. The number of benzene rings is 1. The summed E-state index contributed by atoms with van der Waals surface area (Å²) in [6.07, 6.45) is -0.728. The van der Waals surface area contributed by atoms with Crippen molar-refractivity contribution in [3.8, 4) is 0 Å². The quantitative estimate of drug-likeness (QED) is 0.520. The highest BCUT2D eigenvalue weighted by Crippen LogP contribution is 2.44. The molecule has 1 heterocycles. The number of rotatable bonds is 7. The Kier molecular flexibility index (Phi) is 7.08. The number of carbonyl (C=O) groups is 2. The van der Waals surface area contributed by atoms with Gasteiger partial charge in [0.05, 0.1) is 28.3 Å². The molecule has 1 saturated heterocycles. The van der Waals surface area contributed by atoms with Crippen LogP contribution in [0.4, 0.5) is 8.78 Å². The van der Waals surface area contributed by atoms with Crippen LogP contribution in [0.2, 0.25) is 0 Å². The molecule has 2 N–H and O–H groups in total. The highest BCUT2D eigenvalue weighted by Gasteiger charge is 2.46. The van der Waals surface area contributed by atoms with Crippen LogP contribution in [0, 0.1) is 5.92 Å². The number of sulfone groups is 1. The molecule has 0 radical (unpaired) electrons. The minimum atomic E-state index is -3.45. The summed E-state index contributed by atoms with van der Waals surface area (Å²) < 4.78 is 50.3. The van der Waals surface area contributed by atoms with Gasteiger partial charge in [-0.3, -0.25) is 9.59 Å². The predicted molar refractivity (Wildman–Crippen MR) is 119 cm³/mol. The number of hydrogen-bond acceptors (Lipinski definition) is 5. The maximum absolute atomic E-state index is 13.0. The maximum Gasteiger partial charge on any atom is 0.248 e. The first-order chi connectivity index (χ1) is 14.2. The second kappa shape index (κ2) is 8.97. The molecular weight excluding hydrogens is 514 g/mol. The van der Waals surface area contributed by atoms with Crippen LogP contribution in [-0.4, -0.2) is 54.5 Å². The van der Waals surface area contributed by atoms with Gasteiger partial charge in [-0.05, 0) is 44.0 Å². The summed E-state index contributed by atoms with van der Waals surface area (Å²) in [4.78, 5) is 26.0. The van der Waals surface area contributed by atoms with Crippen LogP contribution in [0.3, 0.4) is 0 Å². The van der Waals surface area contributed by atoms with Crippen LogP contribution in [0.1, 0.15) is 33.1 Å². The minimum Gasteiger partial charge on any atom is -0.350 e. The fourth-order valence-electron chi connectivity index (χ4n) is 3.77. The van der Waals surface area contributed by atoms with Crippen molar-refractivity contribution < 1.29 is 26.8 Å². The van der Waals surface area contributed by atoms with Gasteiger partial charge in [0.25, 0.3) is 0 Å². The molecule has 2 unspecified atom stereocenters. The number of carbonyl (C=O) groups excluding carboxylic acids is 2. The van der Waals surface area contributed by atoms with Crippen molar-refractivity contribution in [3.63, 3.8) is 0 Å². The SMILES string of the molecule is CC(C)(Sc1ccc(Br)cc1)C(=O)NC1CS(=O)(=O)CC1NC(=O)CC1CC(F)(F)C1. The van der Waals surface area contributed by atoms with Crippen molar-refractivity contribution in [1.82, 2.24) is 10.6 Å². The monoisotopic (exact) mass is 538 g/mol. The average molecular weight is 539 g/mol. The molecule has 0 aromatic heterocycles. The number of halogens is 3. The Labute approximate surface area is 193 Å². The van der Waals surface area contributed by atoms with Gasteiger partial charge in [-0.2, -0.15) is 0 Å². The molecular formula is C20H25BrF2N2O4S2. The van der Waals surface area contributed by atoms with Crippen LogP contribution < -0.4 is 10.6 Å². The zero-order valence-corrected chi connectivity index (χ0v) is 20.4. The molecule has 1 aliphatic carbocycles. The molecule has 3 rings (SSSR count). The first-order valence-corrected chi connectivity index (χ1v) is 13.3. The van der Waals surface area contributed by atoms with Gasteiger partial charge in [-0.1, -0.05) is 15.9 Å². The predicted octanol–water partition coefficient (Wildman–Crippen LogP) is 3.15. The van der Waals surface area contributed by atoms with E-state index < -0.39 is 44.4 Å². The van der Waals surface area contributed by atoms with Crippen molar-refractivity contribution >= 4 is 49.3 Å². The van der Waals surface area contributed by atoms with Gasteiger partial charge in [0.15, 0.2) is 9.84 Å². The Morgan fingerprint density at radius 3 is 2.23 bits per heavy atom. The largest absolute Gasteiger partial charge is 0.350 e. The topological polar surface area (TPSA) is 92.3 Å². The number of alkyl halides is 2. The van der Waals surface area contributed by atoms with Crippen molar-refractivity contribution in [2.75, 3.05) is 11.5 Å². The third-order valence-corrected chi connectivity index (χ3v) is 8.86. The highest BCUT2D eigenvalue weighted by atomic mass is 79.9. The molecule has 2 atom stereocenters. The number of nitrogens with one attached hydrogen (secondary N) is 2. The van der Waals surface area contributed by atoms with E-state index in [9.17, 15) is 26.8 Å². The molecule has 1 saturated carbocycles. The van der Waals surface area contributed by atoms with Crippen molar-refractivity contribution in [3.05, 3.63) is 28.7 Å². The normalized spacial score (nSPS) is 24.9. The molecule has 172 valence electrons. The van der Waals surface area contributed by atoms with Crippen LogP contribution in [0.5, 0.6) is 0 Å². The van der Waals surface area contributed by atoms with E-state index in [0.29, 0.717) is 0 Å². The van der Waals surface area contributed by atoms with E-state index in [-0.39, 0.29) is 36.7 Å². The third kappa shape index (κ3) is 6.64. The van der Waals surface area contributed by atoms with Crippen LogP contribution in [-0.2, 0) is 19.4 Å². The Morgan fingerprint density at radius 1 is 1.13 bits per heavy atom. The van der Waals surface area contributed by atoms with Crippen LogP contribution in [0.15, 0.2) is 33.6 Å². The summed E-state index contributed by atoms with van der Waals surface area (Å²) in [6.45, 7) is 3.48. The Morgan fingerprint density at radius 2 is 1.68 bits per heavy atom. The Hall–Kier alpha value is -1.20. The number of hydrogen-bond donors (Lipinski definition) is 2. The fraction of sp³-hybridized carbons (Fsp3) is 0.600. The summed E-state index contributed by atoms with van der Waals surface area (Å²) in [6, 6.07) is 5.92. The zero-order valence-electron chi connectivity index (χ0n) is 17.2. The van der Waals surface area contributed by atoms with Gasteiger partial charge in [0, 0.05) is 28.6 Å². The fourth-order valence-corrected chi connectivity index (χ4v) is 6.91. The lowest BCUT2D eigenvalue weighted by Crippen LogP contribution is -2.54. The van der Waals surface area contributed by atoms with Crippen LogP contribution >= 0.6 is 27.7 Å². The molecule has 11 heteroatoms. The number of amides is 2. The van der Waals surface area contributed by atoms with Crippen molar-refractivity contribution in [2.24, 2.45) is 5.92 Å². The van der Waals surface area contributed by atoms with E-state index in [1.54, 1.807) is 13.8 Å². The molecule has 1 aromatic rings. The van der Waals surface area contributed by atoms with Gasteiger partial charge in [-0.25, -0.2) is 17.2 Å². The summed E-state index contributed by atoms with van der Waals surface area (Å²) in [5.41, 5.74) is 0. The van der Waals surface area contributed by atoms with Gasteiger partial charge in [-0.15, -0.1) is 11.8 Å². The summed E-state index contributed by atoms with van der Waals surface area (Å²) in [5.74, 6) is -4.49. The Bertz CT molecular complexity index is 946. The summed E-state index contributed by atoms with van der Waals surface area (Å²) >= 11 is 4.70. The van der Waals surface area contributed by atoms with Crippen molar-refractivity contribution in [1.29, 1.82) is 0 Å². The van der Waals surface area contributed by atoms with Gasteiger partial charge in [0.2, 0.25) is 17.7 Å².